The molecular formula is C21H24N4O2S. The number of nitrogens with one attached hydrogen (secondary N) is 1. The molecule has 3 heterocycles. The minimum atomic E-state index is -0.207. The zero-order valence-electron chi connectivity index (χ0n) is 15.9. The van der Waals surface area contributed by atoms with Gasteiger partial charge in [-0.3, -0.25) is 9.69 Å². The highest BCUT2D eigenvalue weighted by atomic mass is 32.1. The van der Waals surface area contributed by atoms with Crippen molar-refractivity contribution in [1.82, 2.24) is 20.3 Å². The molecule has 0 saturated carbocycles. The monoisotopic (exact) mass is 396 g/mol. The van der Waals surface area contributed by atoms with Crippen molar-refractivity contribution in [2.45, 2.75) is 6.04 Å². The highest BCUT2D eigenvalue weighted by Gasteiger charge is 2.25. The number of carbonyl (C=O) groups is 1. The number of rotatable bonds is 6. The van der Waals surface area contributed by atoms with Crippen LogP contribution < -0.4 is 5.32 Å². The van der Waals surface area contributed by atoms with E-state index in [1.165, 1.54) is 4.88 Å². The van der Waals surface area contributed by atoms with Crippen LogP contribution in [0.15, 0.2) is 58.4 Å². The molecule has 1 aromatic carbocycles. The molecule has 1 saturated heterocycles. The first-order chi connectivity index (χ1) is 13.7. The van der Waals surface area contributed by atoms with Crippen molar-refractivity contribution in [3.63, 3.8) is 0 Å². The van der Waals surface area contributed by atoms with Crippen LogP contribution in [0, 0.1) is 0 Å². The predicted octanol–water partition coefficient (Wildman–Crippen LogP) is 3.12. The molecule has 6 nitrogen and oxygen atoms in total. The molecule has 1 aliphatic heterocycles. The summed E-state index contributed by atoms with van der Waals surface area (Å²) in [6, 6.07) is 15.7. The van der Waals surface area contributed by atoms with E-state index in [0.717, 1.165) is 31.7 Å². The number of carbonyl (C=O) groups excluding carboxylic acids is 1. The van der Waals surface area contributed by atoms with E-state index in [1.54, 1.807) is 17.4 Å². The SMILES string of the molecule is CN1CCN([C@@H](CNC(=O)c2cc(-c3ccccc3)on2)c2cccs2)CC1. The molecule has 1 fully saturated rings. The van der Waals surface area contributed by atoms with Crippen molar-refractivity contribution in [3.8, 4) is 11.3 Å². The first kappa shape index (κ1) is 18.9. The predicted molar refractivity (Wildman–Crippen MR) is 110 cm³/mol. The Labute approximate surface area is 168 Å². The molecule has 0 radical (unpaired) electrons. The Morgan fingerprint density at radius 1 is 1.18 bits per heavy atom. The van der Waals surface area contributed by atoms with Crippen molar-refractivity contribution >= 4 is 17.2 Å². The van der Waals surface area contributed by atoms with Gasteiger partial charge in [-0.1, -0.05) is 41.6 Å². The summed E-state index contributed by atoms with van der Waals surface area (Å²) in [5.41, 5.74) is 1.21. The van der Waals surface area contributed by atoms with Gasteiger partial charge >= 0.3 is 0 Å². The normalized spacial score (nSPS) is 16.8. The molecule has 4 rings (SSSR count). The fourth-order valence-electron chi connectivity index (χ4n) is 3.42. The summed E-state index contributed by atoms with van der Waals surface area (Å²) < 4.78 is 5.35. The molecule has 0 aliphatic carbocycles. The van der Waals surface area contributed by atoms with Crippen LogP contribution in [0.25, 0.3) is 11.3 Å². The van der Waals surface area contributed by atoms with E-state index < -0.39 is 0 Å². The Kier molecular flexibility index (Phi) is 5.85. The Hall–Kier alpha value is -2.48. The second-order valence-corrected chi connectivity index (χ2v) is 8.00. The van der Waals surface area contributed by atoms with Gasteiger partial charge in [0, 0.05) is 49.2 Å². The topological polar surface area (TPSA) is 61.6 Å². The second-order valence-electron chi connectivity index (χ2n) is 7.02. The zero-order chi connectivity index (χ0) is 19.3. The van der Waals surface area contributed by atoms with Gasteiger partial charge in [0.1, 0.15) is 0 Å². The maximum atomic E-state index is 12.6. The van der Waals surface area contributed by atoms with Gasteiger partial charge in [0.15, 0.2) is 11.5 Å². The van der Waals surface area contributed by atoms with Crippen LogP contribution in [0.3, 0.4) is 0 Å². The molecule has 0 unspecified atom stereocenters. The van der Waals surface area contributed by atoms with Gasteiger partial charge in [0.2, 0.25) is 0 Å². The van der Waals surface area contributed by atoms with E-state index in [2.05, 4.69) is 44.8 Å². The summed E-state index contributed by atoms with van der Waals surface area (Å²) in [6.07, 6.45) is 0. The molecule has 3 aromatic rings. The fourth-order valence-corrected chi connectivity index (χ4v) is 4.29. The van der Waals surface area contributed by atoms with Crippen molar-refractivity contribution in [2.75, 3.05) is 39.8 Å². The van der Waals surface area contributed by atoms with E-state index in [0.29, 0.717) is 18.0 Å². The van der Waals surface area contributed by atoms with Gasteiger partial charge in [-0.2, -0.15) is 0 Å². The molecular weight excluding hydrogens is 372 g/mol. The summed E-state index contributed by atoms with van der Waals surface area (Å²) >= 11 is 1.73. The van der Waals surface area contributed by atoms with Crippen LogP contribution in [-0.2, 0) is 0 Å². The largest absolute Gasteiger partial charge is 0.355 e. The summed E-state index contributed by atoms with van der Waals surface area (Å²) in [5, 5.41) is 9.09. The highest BCUT2D eigenvalue weighted by molar-refractivity contribution is 7.10. The summed E-state index contributed by atoms with van der Waals surface area (Å²) in [6.45, 7) is 4.63. The number of likely N-dealkylation sites (N-methyl/N-ethyl adjacent to an activating group) is 1. The molecule has 2 aromatic heterocycles. The molecule has 1 aliphatic rings. The fraction of sp³-hybridized carbons (Fsp3) is 0.333. The van der Waals surface area contributed by atoms with Gasteiger partial charge in [-0.25, -0.2) is 0 Å². The summed E-state index contributed by atoms with van der Waals surface area (Å²) in [4.78, 5) is 18.7. The van der Waals surface area contributed by atoms with Gasteiger partial charge in [0.05, 0.1) is 6.04 Å². The second kappa shape index (κ2) is 8.68. The average Bonchev–Trinajstić information content (AvgIpc) is 3.42. The molecule has 1 N–H and O–H groups in total. The van der Waals surface area contributed by atoms with Crippen LogP contribution in [-0.4, -0.2) is 60.6 Å². The van der Waals surface area contributed by atoms with E-state index in [1.807, 2.05) is 30.3 Å². The Morgan fingerprint density at radius 2 is 1.96 bits per heavy atom. The van der Waals surface area contributed by atoms with Crippen molar-refractivity contribution in [3.05, 3.63) is 64.5 Å². The summed E-state index contributed by atoms with van der Waals surface area (Å²) in [5.74, 6) is 0.390. The molecule has 1 atom stereocenters. The third kappa shape index (κ3) is 4.32. The smallest absolute Gasteiger partial charge is 0.273 e. The van der Waals surface area contributed by atoms with Gasteiger partial charge in [-0.15, -0.1) is 11.3 Å². The summed E-state index contributed by atoms with van der Waals surface area (Å²) in [7, 11) is 2.15. The molecule has 0 spiro atoms. The van der Waals surface area contributed by atoms with Gasteiger partial charge in [-0.05, 0) is 18.5 Å². The van der Waals surface area contributed by atoms with E-state index in [4.69, 9.17) is 4.52 Å². The lowest BCUT2D eigenvalue weighted by Gasteiger charge is -2.37. The lowest BCUT2D eigenvalue weighted by Crippen LogP contribution is -2.48. The lowest BCUT2D eigenvalue weighted by atomic mass is 10.1. The molecule has 7 heteroatoms. The van der Waals surface area contributed by atoms with E-state index in [9.17, 15) is 4.79 Å². The number of amides is 1. The standard InChI is InChI=1S/C21H24N4O2S/c1-24-9-11-25(12-10-24)18(20-8-5-13-28-20)15-22-21(26)17-14-19(27-23-17)16-6-3-2-4-7-16/h2-8,13-14,18H,9-12,15H2,1H3,(H,22,26)/t18-/m0/s1. The quantitative estimate of drug-likeness (QED) is 0.694. The molecule has 28 heavy (non-hydrogen) atoms. The first-order valence-corrected chi connectivity index (χ1v) is 10.3. The third-order valence-corrected chi connectivity index (χ3v) is 6.08. The average molecular weight is 397 g/mol. The van der Waals surface area contributed by atoms with Crippen molar-refractivity contribution in [2.24, 2.45) is 0 Å². The third-order valence-electron chi connectivity index (χ3n) is 5.11. The van der Waals surface area contributed by atoms with Crippen molar-refractivity contribution in [1.29, 1.82) is 0 Å². The number of piperazine rings is 1. The van der Waals surface area contributed by atoms with Crippen molar-refractivity contribution < 1.29 is 9.32 Å². The number of nitrogens with zero attached hydrogens (tertiary/aromatic N) is 3. The number of aromatic nitrogens is 1. The Morgan fingerprint density at radius 3 is 2.68 bits per heavy atom. The van der Waals surface area contributed by atoms with Gasteiger partial charge in [0.25, 0.3) is 5.91 Å². The molecule has 1 amide bonds. The minimum Gasteiger partial charge on any atom is -0.355 e. The maximum Gasteiger partial charge on any atom is 0.273 e. The lowest BCUT2D eigenvalue weighted by molar-refractivity contribution is 0.0882. The molecule has 0 bridgehead atoms. The van der Waals surface area contributed by atoms with E-state index in [-0.39, 0.29) is 11.9 Å². The number of benzene rings is 1. The van der Waals surface area contributed by atoms with Crippen LogP contribution in [0.1, 0.15) is 21.4 Å². The van der Waals surface area contributed by atoms with E-state index >= 15 is 0 Å². The van der Waals surface area contributed by atoms with Crippen LogP contribution in [0.5, 0.6) is 0 Å². The maximum absolute atomic E-state index is 12.6. The highest BCUT2D eigenvalue weighted by Crippen LogP contribution is 2.26. The van der Waals surface area contributed by atoms with Crippen LogP contribution >= 0.6 is 11.3 Å². The Bertz CT molecular complexity index is 886. The molecule has 146 valence electrons. The minimum absolute atomic E-state index is 0.179. The van der Waals surface area contributed by atoms with Crippen LogP contribution in [0.4, 0.5) is 0 Å². The van der Waals surface area contributed by atoms with Gasteiger partial charge < -0.3 is 14.7 Å². The zero-order valence-corrected chi connectivity index (χ0v) is 16.7. The van der Waals surface area contributed by atoms with Crippen LogP contribution in [0.2, 0.25) is 0 Å². The Balaban J connectivity index is 1.42. The number of hydrogen-bond donors (Lipinski definition) is 1. The first-order valence-electron chi connectivity index (χ1n) is 9.47. The number of thiophene rings is 1. The number of hydrogen-bond acceptors (Lipinski definition) is 6.